The van der Waals surface area contributed by atoms with Gasteiger partial charge >= 0.3 is 0 Å². The fourth-order valence-corrected chi connectivity index (χ4v) is 3.69. The van der Waals surface area contributed by atoms with Gasteiger partial charge in [-0.15, -0.1) is 0 Å². The second-order valence-electron chi connectivity index (χ2n) is 7.90. The van der Waals surface area contributed by atoms with Gasteiger partial charge in [0.05, 0.1) is 64.2 Å². The number of ether oxygens (including phenoxy) is 6. The van der Waals surface area contributed by atoms with E-state index in [-0.39, 0.29) is 0 Å². The molecule has 1 heterocycles. The first-order chi connectivity index (χ1) is 18.7. The molecule has 0 amide bonds. The Morgan fingerprint density at radius 1 is 0.474 bits per heavy atom. The third kappa shape index (κ3) is 12.2. The van der Waals surface area contributed by atoms with Crippen LogP contribution in [0.25, 0.3) is 0 Å². The molecule has 1 aliphatic rings. The van der Waals surface area contributed by atoms with Gasteiger partial charge < -0.3 is 49.7 Å². The Bertz CT molecular complexity index is 907. The molecule has 0 saturated carbocycles. The van der Waals surface area contributed by atoms with Crippen molar-refractivity contribution in [2.45, 2.75) is 0 Å². The summed E-state index contributed by atoms with van der Waals surface area (Å²) in [6.45, 7) is 5.69. The highest BCUT2D eigenvalue weighted by Crippen LogP contribution is 2.24. The first-order valence-corrected chi connectivity index (χ1v) is 13.4. The molecule has 2 aromatic carbocycles. The van der Waals surface area contributed by atoms with Crippen LogP contribution >= 0.6 is 24.4 Å². The number of anilines is 2. The summed E-state index contributed by atoms with van der Waals surface area (Å²) in [6, 6.07) is 15.2. The zero-order valence-corrected chi connectivity index (χ0v) is 23.0. The number of thiocarbonyl (C=S) groups is 2. The van der Waals surface area contributed by atoms with E-state index in [1.165, 1.54) is 0 Å². The molecule has 4 N–H and O–H groups in total. The number of nitrogens with one attached hydrogen (secondary N) is 4. The topological polar surface area (TPSA) is 104 Å². The SMILES string of the molecule is S=C1NCCOCCOCCNC(=S)Nc2ccccc2OCCOCCOCCOc2ccccc2N1. The Kier molecular flexibility index (Phi) is 14.5. The van der Waals surface area contributed by atoms with Gasteiger partial charge in [-0.2, -0.15) is 0 Å². The van der Waals surface area contributed by atoms with Crippen LogP contribution in [0.3, 0.4) is 0 Å². The maximum absolute atomic E-state index is 5.86. The number of hydrogen-bond donors (Lipinski definition) is 4. The van der Waals surface area contributed by atoms with Gasteiger partial charge in [0.1, 0.15) is 24.7 Å². The van der Waals surface area contributed by atoms with E-state index < -0.39 is 0 Å². The van der Waals surface area contributed by atoms with Crippen LogP contribution in [0.1, 0.15) is 0 Å². The standard InChI is InChI=1S/C26H36N4O6S2/c37-25-27-9-11-31-13-14-32-12-10-28-26(38)30-22-6-2-4-8-24(22)36-20-18-34-16-15-33-17-19-35-23-7-3-1-5-21(23)29-25/h1-8H,9-20H2,(H2,27,29,37)(H2,28,30,38). The molecule has 0 spiro atoms. The van der Waals surface area contributed by atoms with E-state index >= 15 is 0 Å². The van der Waals surface area contributed by atoms with E-state index in [1.54, 1.807) is 0 Å². The van der Waals surface area contributed by atoms with Crippen LogP contribution in [0.2, 0.25) is 0 Å². The van der Waals surface area contributed by atoms with E-state index in [0.717, 1.165) is 11.4 Å². The van der Waals surface area contributed by atoms with Gasteiger partial charge in [-0.05, 0) is 48.7 Å². The molecule has 0 aromatic heterocycles. The molecule has 2 aromatic rings. The number of rotatable bonds is 0. The zero-order chi connectivity index (χ0) is 26.7. The van der Waals surface area contributed by atoms with Crippen molar-refractivity contribution in [1.82, 2.24) is 10.6 Å². The third-order valence-electron chi connectivity index (χ3n) is 5.05. The summed E-state index contributed by atoms with van der Waals surface area (Å²) in [6.07, 6.45) is 0. The van der Waals surface area contributed by atoms with Crippen LogP contribution in [0.4, 0.5) is 11.4 Å². The molecule has 10 nitrogen and oxygen atoms in total. The van der Waals surface area contributed by atoms with Gasteiger partial charge in [-0.25, -0.2) is 0 Å². The molecule has 12 heteroatoms. The van der Waals surface area contributed by atoms with Crippen molar-refractivity contribution in [3.05, 3.63) is 48.5 Å². The Labute approximate surface area is 234 Å². The largest absolute Gasteiger partial charge is 0.489 e. The minimum Gasteiger partial charge on any atom is -0.489 e. The molecule has 0 aliphatic carbocycles. The fraction of sp³-hybridized carbons (Fsp3) is 0.462. The average molecular weight is 565 g/mol. The second kappa shape index (κ2) is 18.5. The quantitative estimate of drug-likeness (QED) is 0.354. The smallest absolute Gasteiger partial charge is 0.170 e. The first kappa shape index (κ1) is 29.8. The molecule has 0 bridgehead atoms. The number of hydrogen-bond acceptors (Lipinski definition) is 8. The molecule has 0 fully saturated rings. The molecule has 0 saturated heterocycles. The van der Waals surface area contributed by atoms with Crippen LogP contribution in [-0.2, 0) is 18.9 Å². The number of para-hydroxylation sites is 4. The molecule has 3 rings (SSSR count). The Morgan fingerprint density at radius 3 is 1.29 bits per heavy atom. The van der Waals surface area contributed by atoms with Crippen LogP contribution in [0.5, 0.6) is 11.5 Å². The van der Waals surface area contributed by atoms with Crippen molar-refractivity contribution >= 4 is 46.0 Å². The summed E-state index contributed by atoms with van der Waals surface area (Å²) in [7, 11) is 0. The average Bonchev–Trinajstić information content (AvgIpc) is 2.92. The highest BCUT2D eigenvalue weighted by atomic mass is 32.1. The van der Waals surface area contributed by atoms with E-state index in [1.807, 2.05) is 48.5 Å². The lowest BCUT2D eigenvalue weighted by molar-refractivity contribution is 0.0275. The van der Waals surface area contributed by atoms with Crippen molar-refractivity contribution < 1.29 is 28.4 Å². The number of fused-ring (bicyclic) bond motifs is 2. The predicted molar refractivity (Wildman–Crippen MR) is 156 cm³/mol. The Morgan fingerprint density at radius 2 is 0.842 bits per heavy atom. The van der Waals surface area contributed by atoms with Gasteiger partial charge in [0, 0.05) is 13.1 Å². The third-order valence-corrected chi connectivity index (χ3v) is 5.54. The molecule has 38 heavy (non-hydrogen) atoms. The summed E-state index contributed by atoms with van der Waals surface area (Å²) < 4.78 is 34.1. The maximum Gasteiger partial charge on any atom is 0.170 e. The van der Waals surface area contributed by atoms with Crippen LogP contribution < -0.4 is 30.7 Å². The molecular formula is C26H36N4O6S2. The van der Waals surface area contributed by atoms with Gasteiger partial charge in [-0.1, -0.05) is 24.3 Å². The van der Waals surface area contributed by atoms with Crippen LogP contribution in [0.15, 0.2) is 48.5 Å². The van der Waals surface area contributed by atoms with Crippen molar-refractivity contribution in [3.63, 3.8) is 0 Å². The van der Waals surface area contributed by atoms with Gasteiger partial charge in [0.2, 0.25) is 0 Å². The summed E-state index contributed by atoms with van der Waals surface area (Å²) >= 11 is 10.8. The van der Waals surface area contributed by atoms with E-state index in [9.17, 15) is 0 Å². The lowest BCUT2D eigenvalue weighted by Crippen LogP contribution is -2.32. The van der Waals surface area contributed by atoms with Gasteiger partial charge in [0.25, 0.3) is 0 Å². The monoisotopic (exact) mass is 564 g/mol. The van der Waals surface area contributed by atoms with Crippen LogP contribution in [0, 0.1) is 0 Å². The number of benzene rings is 2. The summed E-state index contributed by atoms with van der Waals surface area (Å²) in [5.74, 6) is 1.39. The molecule has 0 radical (unpaired) electrons. The van der Waals surface area contributed by atoms with E-state index in [0.29, 0.717) is 101 Å². The molecule has 208 valence electrons. The highest BCUT2D eigenvalue weighted by molar-refractivity contribution is 7.80. The van der Waals surface area contributed by atoms with Crippen molar-refractivity contribution in [1.29, 1.82) is 0 Å². The van der Waals surface area contributed by atoms with Crippen LogP contribution in [-0.4, -0.2) is 89.4 Å². The first-order valence-electron chi connectivity index (χ1n) is 12.6. The predicted octanol–water partition coefficient (Wildman–Crippen LogP) is 2.80. The van der Waals surface area contributed by atoms with Gasteiger partial charge in [-0.3, -0.25) is 0 Å². The molecular weight excluding hydrogens is 528 g/mol. The van der Waals surface area contributed by atoms with Crippen molar-refractivity contribution in [2.24, 2.45) is 0 Å². The highest BCUT2D eigenvalue weighted by Gasteiger charge is 2.07. The lowest BCUT2D eigenvalue weighted by Gasteiger charge is -2.16. The minimum absolute atomic E-state index is 0.401. The molecule has 0 unspecified atom stereocenters. The Balaban J connectivity index is 1.46. The molecule has 0 atom stereocenters. The van der Waals surface area contributed by atoms with Crippen molar-refractivity contribution in [2.75, 3.05) is 89.8 Å². The fourth-order valence-electron chi connectivity index (χ4n) is 3.26. The minimum atomic E-state index is 0.401. The van der Waals surface area contributed by atoms with Crippen molar-refractivity contribution in [3.8, 4) is 11.5 Å². The second-order valence-corrected chi connectivity index (χ2v) is 8.72. The zero-order valence-electron chi connectivity index (χ0n) is 21.4. The summed E-state index contributed by atoms with van der Waals surface area (Å²) in [5, 5.41) is 13.6. The molecule has 1 aliphatic heterocycles. The van der Waals surface area contributed by atoms with E-state index in [4.69, 9.17) is 52.9 Å². The lowest BCUT2D eigenvalue weighted by atomic mass is 10.3. The van der Waals surface area contributed by atoms with Gasteiger partial charge in [0.15, 0.2) is 10.2 Å². The van der Waals surface area contributed by atoms with E-state index in [2.05, 4.69) is 21.3 Å². The Hall–Kier alpha value is -2.74. The summed E-state index contributed by atoms with van der Waals surface area (Å²) in [4.78, 5) is 0. The normalized spacial score (nSPS) is 18.2. The maximum atomic E-state index is 5.86. The summed E-state index contributed by atoms with van der Waals surface area (Å²) in [5.41, 5.74) is 1.56.